The van der Waals surface area contributed by atoms with Crippen LogP contribution >= 0.6 is 0 Å². The molecular weight excluding hydrogens is 379 g/mol. The summed E-state index contributed by atoms with van der Waals surface area (Å²) in [5, 5.41) is 2.28. The largest absolute Gasteiger partial charge is 0.416 e. The molecule has 1 heterocycles. The first kappa shape index (κ1) is 19.5. The van der Waals surface area contributed by atoms with Gasteiger partial charge in [0.1, 0.15) is 23.0 Å². The van der Waals surface area contributed by atoms with Gasteiger partial charge in [-0.05, 0) is 48.9 Å². The molecule has 0 atom stereocenters. The molecule has 3 rings (SSSR count). The summed E-state index contributed by atoms with van der Waals surface area (Å²) < 4.78 is 66.1. The number of carbonyl (C=O) groups excluding carboxylic acids is 1. The first-order valence-corrected chi connectivity index (χ1v) is 8.07. The lowest BCUT2D eigenvalue weighted by molar-refractivity contribution is -0.137. The monoisotopic (exact) mass is 392 g/mol. The summed E-state index contributed by atoms with van der Waals surface area (Å²) in [7, 11) is 0. The van der Waals surface area contributed by atoms with Gasteiger partial charge in [-0.3, -0.25) is 4.79 Å². The smallest absolute Gasteiger partial charge is 0.306 e. The third kappa shape index (κ3) is 4.00. The van der Waals surface area contributed by atoms with Crippen molar-refractivity contribution in [3.05, 3.63) is 83.1 Å². The van der Waals surface area contributed by atoms with Gasteiger partial charge >= 0.3 is 6.18 Å². The molecule has 0 aliphatic carbocycles. The number of amides is 1. The number of hydrogen-bond donors (Lipinski definition) is 1. The molecule has 1 N–H and O–H groups in total. The van der Waals surface area contributed by atoms with Crippen LogP contribution in [0.1, 0.15) is 21.6 Å². The lowest BCUT2D eigenvalue weighted by atomic mass is 10.0. The summed E-state index contributed by atoms with van der Waals surface area (Å²) >= 11 is 0. The number of halogens is 5. The van der Waals surface area contributed by atoms with Crippen LogP contribution in [-0.2, 0) is 6.18 Å². The Morgan fingerprint density at radius 2 is 1.61 bits per heavy atom. The quantitative estimate of drug-likeness (QED) is 0.589. The van der Waals surface area contributed by atoms with Crippen LogP contribution in [-0.4, -0.2) is 10.9 Å². The number of aryl methyl sites for hydroxylation is 1. The Morgan fingerprint density at radius 3 is 2.21 bits per heavy atom. The molecule has 3 aromatic rings. The highest BCUT2D eigenvalue weighted by Gasteiger charge is 2.30. The number of alkyl halides is 3. The Balaban J connectivity index is 1.88. The second-order valence-corrected chi connectivity index (χ2v) is 5.96. The van der Waals surface area contributed by atoms with Gasteiger partial charge in [-0.25, -0.2) is 13.8 Å². The van der Waals surface area contributed by atoms with E-state index in [0.29, 0.717) is 16.8 Å². The Hall–Kier alpha value is -3.29. The zero-order valence-electron chi connectivity index (χ0n) is 14.4. The van der Waals surface area contributed by atoms with Crippen LogP contribution in [0.4, 0.5) is 27.8 Å². The van der Waals surface area contributed by atoms with Crippen LogP contribution < -0.4 is 5.32 Å². The van der Waals surface area contributed by atoms with E-state index < -0.39 is 34.8 Å². The SMILES string of the molecule is Cc1nc(NC(=O)c2c(F)cccc2F)ccc1-c1cccc(C(F)(F)F)c1. The van der Waals surface area contributed by atoms with E-state index in [1.165, 1.54) is 24.3 Å². The number of hydrogen-bond acceptors (Lipinski definition) is 2. The van der Waals surface area contributed by atoms with E-state index in [0.717, 1.165) is 30.3 Å². The maximum absolute atomic E-state index is 13.7. The van der Waals surface area contributed by atoms with E-state index in [4.69, 9.17) is 0 Å². The van der Waals surface area contributed by atoms with E-state index in [-0.39, 0.29) is 5.82 Å². The van der Waals surface area contributed by atoms with Gasteiger partial charge in [0.25, 0.3) is 5.91 Å². The topological polar surface area (TPSA) is 42.0 Å². The first-order valence-electron chi connectivity index (χ1n) is 8.07. The molecule has 0 aliphatic rings. The lowest BCUT2D eigenvalue weighted by Crippen LogP contribution is -2.16. The predicted octanol–water partition coefficient (Wildman–Crippen LogP) is 5.61. The van der Waals surface area contributed by atoms with Crippen molar-refractivity contribution in [3.63, 3.8) is 0 Å². The van der Waals surface area contributed by atoms with Gasteiger partial charge in [0.05, 0.1) is 5.56 Å². The first-order chi connectivity index (χ1) is 13.2. The molecule has 0 bridgehead atoms. The van der Waals surface area contributed by atoms with Crippen molar-refractivity contribution in [3.8, 4) is 11.1 Å². The number of rotatable bonds is 3. The minimum atomic E-state index is -4.48. The zero-order valence-corrected chi connectivity index (χ0v) is 14.4. The van der Waals surface area contributed by atoms with Gasteiger partial charge in [-0.2, -0.15) is 13.2 Å². The van der Waals surface area contributed by atoms with Gasteiger partial charge in [0, 0.05) is 11.3 Å². The standard InChI is InChI=1S/C20H13F5N2O/c1-11-14(12-4-2-5-13(10-12)20(23,24)25)8-9-17(26-11)27-19(28)18-15(21)6-3-7-16(18)22/h2-10H,1H3,(H,26,27,28). The molecule has 0 unspecified atom stereocenters. The number of aromatic nitrogens is 1. The molecule has 1 aromatic heterocycles. The highest BCUT2D eigenvalue weighted by Crippen LogP contribution is 2.33. The number of benzene rings is 2. The van der Waals surface area contributed by atoms with Crippen LogP contribution in [0.15, 0.2) is 54.6 Å². The molecular formula is C20H13F5N2O. The van der Waals surface area contributed by atoms with E-state index >= 15 is 0 Å². The van der Waals surface area contributed by atoms with Crippen LogP contribution in [0.25, 0.3) is 11.1 Å². The molecule has 8 heteroatoms. The van der Waals surface area contributed by atoms with E-state index in [9.17, 15) is 26.7 Å². The maximum atomic E-state index is 13.7. The maximum Gasteiger partial charge on any atom is 0.416 e. The predicted molar refractivity (Wildman–Crippen MR) is 93.7 cm³/mol. The van der Waals surface area contributed by atoms with Crippen LogP contribution in [0.3, 0.4) is 0 Å². The van der Waals surface area contributed by atoms with E-state index in [1.54, 1.807) is 6.92 Å². The summed E-state index contributed by atoms with van der Waals surface area (Å²) in [5.74, 6) is -3.04. The number of nitrogens with zero attached hydrogens (tertiary/aromatic N) is 1. The van der Waals surface area contributed by atoms with Gasteiger partial charge in [-0.1, -0.05) is 18.2 Å². The average molecular weight is 392 g/mol. The van der Waals surface area contributed by atoms with Crippen molar-refractivity contribution in [1.29, 1.82) is 0 Å². The summed E-state index contributed by atoms with van der Waals surface area (Å²) in [4.78, 5) is 16.2. The molecule has 1 amide bonds. The highest BCUT2D eigenvalue weighted by atomic mass is 19.4. The second kappa shape index (κ2) is 7.38. The normalized spacial score (nSPS) is 11.4. The van der Waals surface area contributed by atoms with Gasteiger partial charge in [-0.15, -0.1) is 0 Å². The van der Waals surface area contributed by atoms with Gasteiger partial charge in [0.15, 0.2) is 0 Å². The summed E-state index contributed by atoms with van der Waals surface area (Å²) in [6, 6.07) is 10.6. The molecule has 144 valence electrons. The Kier molecular flexibility index (Phi) is 5.13. The number of anilines is 1. The molecule has 2 aromatic carbocycles. The minimum Gasteiger partial charge on any atom is -0.306 e. The van der Waals surface area contributed by atoms with Crippen molar-refractivity contribution < 1.29 is 26.7 Å². The molecule has 0 saturated carbocycles. The molecule has 0 radical (unpaired) electrons. The Labute approximate surface area is 156 Å². The molecule has 0 saturated heterocycles. The number of pyridine rings is 1. The molecule has 28 heavy (non-hydrogen) atoms. The van der Waals surface area contributed by atoms with Crippen molar-refractivity contribution in [1.82, 2.24) is 4.98 Å². The van der Waals surface area contributed by atoms with Crippen LogP contribution in [0, 0.1) is 18.6 Å². The highest BCUT2D eigenvalue weighted by molar-refractivity contribution is 6.04. The lowest BCUT2D eigenvalue weighted by Gasteiger charge is -2.12. The van der Waals surface area contributed by atoms with Crippen molar-refractivity contribution >= 4 is 11.7 Å². The third-order valence-corrected chi connectivity index (χ3v) is 4.02. The minimum absolute atomic E-state index is 0.0147. The third-order valence-electron chi connectivity index (χ3n) is 4.02. The molecule has 0 spiro atoms. The average Bonchev–Trinajstić information content (AvgIpc) is 2.61. The van der Waals surface area contributed by atoms with Crippen molar-refractivity contribution in [2.45, 2.75) is 13.1 Å². The Morgan fingerprint density at radius 1 is 0.964 bits per heavy atom. The molecule has 3 nitrogen and oxygen atoms in total. The fraction of sp³-hybridized carbons (Fsp3) is 0.100. The number of nitrogens with one attached hydrogen (secondary N) is 1. The van der Waals surface area contributed by atoms with Gasteiger partial charge in [0.2, 0.25) is 0 Å². The van der Waals surface area contributed by atoms with E-state index in [2.05, 4.69) is 10.3 Å². The Bertz CT molecular complexity index is 1030. The summed E-state index contributed by atoms with van der Waals surface area (Å²) in [6.45, 7) is 1.55. The van der Waals surface area contributed by atoms with Crippen molar-refractivity contribution in [2.24, 2.45) is 0 Å². The van der Waals surface area contributed by atoms with Crippen LogP contribution in [0.2, 0.25) is 0 Å². The fourth-order valence-corrected chi connectivity index (χ4v) is 2.69. The fourth-order valence-electron chi connectivity index (χ4n) is 2.69. The molecule has 0 aliphatic heterocycles. The zero-order chi connectivity index (χ0) is 20.5. The summed E-state index contributed by atoms with van der Waals surface area (Å²) in [6.07, 6.45) is -4.48. The number of carbonyl (C=O) groups is 1. The summed E-state index contributed by atoms with van der Waals surface area (Å²) in [5.41, 5.74) is -0.467. The van der Waals surface area contributed by atoms with E-state index in [1.807, 2.05) is 0 Å². The second-order valence-electron chi connectivity index (χ2n) is 5.96. The van der Waals surface area contributed by atoms with Gasteiger partial charge < -0.3 is 5.32 Å². The van der Waals surface area contributed by atoms with Crippen molar-refractivity contribution in [2.75, 3.05) is 5.32 Å². The van der Waals surface area contributed by atoms with Crippen LogP contribution in [0.5, 0.6) is 0 Å². The molecule has 0 fully saturated rings.